The number of morpholine rings is 1. The van der Waals surface area contributed by atoms with Gasteiger partial charge in [0.15, 0.2) is 12.1 Å². The minimum Gasteiger partial charge on any atom is -0.507 e. The molecule has 3 fully saturated rings. The van der Waals surface area contributed by atoms with Crippen molar-refractivity contribution >= 4 is 23.4 Å². The zero-order valence-electron chi connectivity index (χ0n) is 29.8. The number of likely N-dealkylation sites (tertiary alicyclic amines) is 1. The molecule has 2 aromatic carbocycles. The van der Waals surface area contributed by atoms with E-state index in [9.17, 15) is 34.5 Å². The van der Waals surface area contributed by atoms with Crippen LogP contribution in [-0.2, 0) is 36.6 Å². The van der Waals surface area contributed by atoms with Crippen LogP contribution in [0.25, 0.3) is 0 Å². The van der Waals surface area contributed by atoms with Gasteiger partial charge in [0.25, 0.3) is 0 Å². The Labute approximate surface area is 301 Å². The van der Waals surface area contributed by atoms with Crippen LogP contribution >= 0.6 is 0 Å². The molecule has 0 aromatic heterocycles. The Bertz CT molecular complexity index is 1720. The van der Waals surface area contributed by atoms with Crippen molar-refractivity contribution in [3.63, 3.8) is 0 Å². The number of phenolic OH excluding ortho intramolecular Hbond substituents is 2. The van der Waals surface area contributed by atoms with Crippen LogP contribution in [0.5, 0.6) is 17.2 Å². The summed E-state index contributed by atoms with van der Waals surface area (Å²) in [5.41, 5.74) is 6.05. The highest BCUT2D eigenvalue weighted by Crippen LogP contribution is 2.47. The highest BCUT2D eigenvalue weighted by Gasteiger charge is 2.41. The lowest BCUT2D eigenvalue weighted by Gasteiger charge is -2.43. The first-order valence-corrected chi connectivity index (χ1v) is 17.8. The molecule has 15 heteroatoms. The monoisotopic (exact) mass is 724 g/mol. The van der Waals surface area contributed by atoms with E-state index in [1.165, 1.54) is 13.2 Å². The lowest BCUT2D eigenvalue weighted by atomic mass is 9.75. The largest absolute Gasteiger partial charge is 0.507 e. The molecule has 2 aliphatic carbocycles. The molecular weight excluding hydrogens is 676 g/mol. The van der Waals surface area contributed by atoms with Gasteiger partial charge in [-0.15, -0.1) is 0 Å². The number of aliphatic hydroxyl groups excluding tert-OH is 1. The second-order valence-electron chi connectivity index (χ2n) is 13.9. The van der Waals surface area contributed by atoms with Gasteiger partial charge in [-0.2, -0.15) is 0 Å². The first kappa shape index (κ1) is 37.6. The Balaban J connectivity index is 0.000000242. The van der Waals surface area contributed by atoms with Crippen LogP contribution in [-0.4, -0.2) is 139 Å². The van der Waals surface area contributed by atoms with E-state index in [0.717, 1.165) is 26.1 Å². The molecule has 5 aliphatic rings. The Hall–Kier alpha value is -4.12. The third-order valence-corrected chi connectivity index (χ3v) is 10.9. The number of carbonyl (C=O) groups excluding carboxylic acids is 4. The van der Waals surface area contributed by atoms with Crippen LogP contribution in [0.1, 0.15) is 69.2 Å². The fraction of sp³-hybridized carbons (Fsp3) is 0.568. The average molecular weight is 725 g/mol. The number of carbonyl (C=O) groups is 4. The minimum absolute atomic E-state index is 0.0534. The number of hydrogen-bond donors (Lipinski definition) is 5. The van der Waals surface area contributed by atoms with Crippen molar-refractivity contribution in [1.29, 1.82) is 0 Å². The highest BCUT2D eigenvalue weighted by molar-refractivity contribution is 6.31. The van der Waals surface area contributed by atoms with E-state index in [-0.39, 0.29) is 89.1 Å². The van der Waals surface area contributed by atoms with E-state index < -0.39 is 29.6 Å². The number of amides is 2. The molecule has 6 atom stereocenters. The molecule has 7 rings (SSSR count). The van der Waals surface area contributed by atoms with Crippen molar-refractivity contribution in [1.82, 2.24) is 15.1 Å². The van der Waals surface area contributed by atoms with Crippen molar-refractivity contribution in [3.05, 3.63) is 51.6 Å². The van der Waals surface area contributed by atoms with E-state index >= 15 is 0 Å². The van der Waals surface area contributed by atoms with Gasteiger partial charge in [-0.1, -0.05) is 12.1 Å². The number of fused-ring (bicyclic) bond motifs is 3. The molecule has 6 unspecified atom stereocenters. The number of nitrogens with zero attached hydrogens (tertiary/aromatic N) is 2. The maximum Gasteiger partial charge on any atom is 0.239 e. The molecule has 15 nitrogen and oxygen atoms in total. The van der Waals surface area contributed by atoms with E-state index in [2.05, 4.69) is 10.2 Å². The van der Waals surface area contributed by atoms with E-state index in [4.69, 9.17) is 24.7 Å². The molecule has 0 spiro atoms. The molecule has 2 aromatic rings. The minimum atomic E-state index is -0.594. The molecule has 3 saturated heterocycles. The third-order valence-electron chi connectivity index (χ3n) is 10.9. The van der Waals surface area contributed by atoms with Crippen LogP contribution in [0, 0.1) is 5.92 Å². The predicted molar refractivity (Wildman–Crippen MR) is 185 cm³/mol. The van der Waals surface area contributed by atoms with Gasteiger partial charge in [-0.25, -0.2) is 0 Å². The number of benzene rings is 2. The van der Waals surface area contributed by atoms with Crippen molar-refractivity contribution < 1.29 is 53.4 Å². The second kappa shape index (κ2) is 15.9. The second-order valence-corrected chi connectivity index (χ2v) is 13.9. The Kier molecular flexibility index (Phi) is 11.5. The number of aliphatic hydroxyl groups is 1. The van der Waals surface area contributed by atoms with Crippen LogP contribution in [0.15, 0.2) is 18.2 Å². The summed E-state index contributed by atoms with van der Waals surface area (Å²) < 4.78 is 21.3. The average Bonchev–Trinajstić information content (AvgIpc) is 3.48. The van der Waals surface area contributed by atoms with Crippen molar-refractivity contribution in [2.24, 2.45) is 11.7 Å². The van der Waals surface area contributed by atoms with Crippen molar-refractivity contribution in [2.45, 2.75) is 69.6 Å². The highest BCUT2D eigenvalue weighted by atomic mass is 16.7. The van der Waals surface area contributed by atoms with Gasteiger partial charge in [0.1, 0.15) is 17.2 Å². The number of methoxy groups -OCH3 is 2. The number of phenols is 2. The summed E-state index contributed by atoms with van der Waals surface area (Å²) in [4.78, 5) is 55.3. The van der Waals surface area contributed by atoms with E-state index in [1.54, 1.807) is 24.1 Å². The summed E-state index contributed by atoms with van der Waals surface area (Å²) >= 11 is 0. The van der Waals surface area contributed by atoms with Gasteiger partial charge in [0.05, 0.1) is 48.7 Å². The third kappa shape index (κ3) is 7.13. The molecule has 0 radical (unpaired) electrons. The van der Waals surface area contributed by atoms with E-state index in [1.807, 2.05) is 6.92 Å². The van der Waals surface area contributed by atoms with Gasteiger partial charge >= 0.3 is 0 Å². The summed E-state index contributed by atoms with van der Waals surface area (Å²) in [6.45, 7) is 6.08. The van der Waals surface area contributed by atoms with Crippen LogP contribution < -0.4 is 15.8 Å². The summed E-state index contributed by atoms with van der Waals surface area (Å²) in [6, 6.07) is 4.30. The SMILES string of the molecule is COC1CN(C2CCOC(C)C2O)CCO1.COc1cccc2c1C(=O)c1c(O)c3c(c(O)c1C2=O)CC(C(=O)NCCN1CCC(N)C1=O)CC3. The Morgan fingerprint density at radius 2 is 1.73 bits per heavy atom. The molecule has 282 valence electrons. The fourth-order valence-corrected chi connectivity index (χ4v) is 7.91. The van der Waals surface area contributed by atoms with Gasteiger partial charge < -0.3 is 50.2 Å². The summed E-state index contributed by atoms with van der Waals surface area (Å²) in [7, 11) is 3.04. The lowest BCUT2D eigenvalue weighted by molar-refractivity contribution is -0.190. The number of ether oxygens (including phenoxy) is 4. The predicted octanol–water partition coefficient (Wildman–Crippen LogP) is 0.492. The standard InChI is InChI=1S/C26H27N3O7.C11H21NO4/c1-36-17-4-2-3-14-18(17)24(33)20-19(22(14)31)23(32)15-11-12(5-6-13(15)21(20)30)25(34)28-8-10-29-9-7-16(27)26(29)35;1-8-11(13)9(3-5-15-8)12-4-6-16-10(7-12)14-2/h2-4,12,16,30,32H,5-11,27H2,1H3,(H,28,34);8-11,13H,3-7H2,1-2H3. The molecule has 2 amide bonds. The van der Waals surface area contributed by atoms with E-state index in [0.29, 0.717) is 43.7 Å². The summed E-state index contributed by atoms with van der Waals surface area (Å²) in [5.74, 6) is -2.56. The maximum absolute atomic E-state index is 13.3. The lowest BCUT2D eigenvalue weighted by Crippen LogP contribution is -2.57. The van der Waals surface area contributed by atoms with Gasteiger partial charge in [-0.3, -0.25) is 24.1 Å². The summed E-state index contributed by atoms with van der Waals surface area (Å²) in [5, 5.41) is 35.1. The Morgan fingerprint density at radius 1 is 0.981 bits per heavy atom. The van der Waals surface area contributed by atoms with Crippen molar-refractivity contribution in [2.75, 3.05) is 60.2 Å². The molecule has 52 heavy (non-hydrogen) atoms. The number of aromatic hydroxyl groups is 2. The molecule has 0 saturated carbocycles. The van der Waals surface area contributed by atoms with Crippen LogP contribution in [0.2, 0.25) is 0 Å². The zero-order chi connectivity index (χ0) is 37.3. The van der Waals surface area contributed by atoms with Crippen LogP contribution in [0.4, 0.5) is 0 Å². The zero-order valence-corrected chi connectivity index (χ0v) is 29.8. The number of rotatable bonds is 7. The number of hydrogen-bond acceptors (Lipinski definition) is 13. The van der Waals surface area contributed by atoms with Crippen LogP contribution in [0.3, 0.4) is 0 Å². The number of nitrogens with two attached hydrogens (primary N) is 1. The topological polar surface area (TPSA) is 210 Å². The summed E-state index contributed by atoms with van der Waals surface area (Å²) in [6.07, 6.45) is 1.55. The quantitative estimate of drug-likeness (QED) is 0.211. The molecule has 3 heterocycles. The number of ketones is 2. The first-order chi connectivity index (χ1) is 25.0. The molecule has 6 N–H and O–H groups in total. The fourth-order valence-electron chi connectivity index (χ4n) is 7.91. The molecular formula is C37H48N4O11. The van der Waals surface area contributed by atoms with Gasteiger partial charge in [-0.05, 0) is 45.1 Å². The van der Waals surface area contributed by atoms with Gasteiger partial charge in [0, 0.05) is 75.1 Å². The maximum atomic E-state index is 13.3. The van der Waals surface area contributed by atoms with Crippen molar-refractivity contribution in [3.8, 4) is 17.2 Å². The van der Waals surface area contributed by atoms with Gasteiger partial charge in [0.2, 0.25) is 17.6 Å². The first-order valence-electron chi connectivity index (χ1n) is 17.8. The smallest absolute Gasteiger partial charge is 0.239 e. The molecule has 3 aliphatic heterocycles. The number of nitrogens with one attached hydrogen (secondary N) is 1. The Morgan fingerprint density at radius 3 is 2.44 bits per heavy atom. The molecule has 0 bridgehead atoms. The normalized spacial score (nSPS) is 27.2.